The van der Waals surface area contributed by atoms with E-state index < -0.39 is 63.8 Å². The van der Waals surface area contributed by atoms with Crippen LogP contribution < -0.4 is 20.7 Å². The van der Waals surface area contributed by atoms with Crippen LogP contribution in [-0.2, 0) is 23.1 Å². The predicted octanol–water partition coefficient (Wildman–Crippen LogP) is 5.34. The molecule has 1 aliphatic carbocycles. The number of aliphatic hydroxyl groups excluding tert-OH is 1. The van der Waals surface area contributed by atoms with E-state index in [-0.39, 0.29) is 5.04 Å². The molecule has 0 aromatic heterocycles. The summed E-state index contributed by atoms with van der Waals surface area (Å²) in [6.07, 6.45) is -5.18. The molecular weight excluding hydrogens is 645 g/mol. The second-order valence-electron chi connectivity index (χ2n) is 15.9. The van der Waals surface area contributed by atoms with Crippen molar-refractivity contribution in [3.05, 3.63) is 121 Å². The number of ketones is 1. The molecule has 0 bridgehead atoms. The largest absolute Gasteiger partial charge is 0.399 e. The van der Waals surface area contributed by atoms with Crippen LogP contribution >= 0.6 is 0 Å². The first-order valence-electron chi connectivity index (χ1n) is 17.3. The van der Waals surface area contributed by atoms with E-state index >= 15 is 0 Å². The number of carbonyl (C=O) groups excluding carboxylic acids is 1. The molecule has 2 aliphatic rings. The highest BCUT2D eigenvalue weighted by molar-refractivity contribution is 7.00. The van der Waals surface area contributed by atoms with Crippen LogP contribution in [0.3, 0.4) is 0 Å². The fraction of sp³-hybridized carbons (Fsp3) is 0.390. The fourth-order valence-electron chi connectivity index (χ4n) is 8.01. The monoisotopic (exact) mass is 694 g/mol. The first-order valence-corrected chi connectivity index (χ1v) is 21.1. The number of hydrogen-bond donors (Lipinski definition) is 1. The summed E-state index contributed by atoms with van der Waals surface area (Å²) in [6, 6.07) is 40.9. The lowest BCUT2D eigenvalue weighted by molar-refractivity contribution is -0.163. The second-order valence-corrected chi connectivity index (χ2v) is 24.4. The van der Waals surface area contributed by atoms with Gasteiger partial charge in [-0.15, -0.1) is 0 Å². The maximum Gasteiger partial charge on any atom is 0.262 e. The van der Waals surface area contributed by atoms with E-state index in [1.54, 1.807) is 0 Å². The van der Waals surface area contributed by atoms with Crippen LogP contribution in [0, 0.1) is 0 Å². The molecule has 1 aliphatic heterocycles. The summed E-state index contributed by atoms with van der Waals surface area (Å²) in [5.41, 5.74) is 0. The number of aliphatic hydroxyl groups is 1. The van der Waals surface area contributed by atoms with Crippen molar-refractivity contribution in [2.24, 2.45) is 0 Å². The molecule has 4 aromatic carbocycles. The van der Waals surface area contributed by atoms with E-state index in [0.29, 0.717) is 0 Å². The van der Waals surface area contributed by atoms with Crippen LogP contribution in [0.15, 0.2) is 121 Å². The van der Waals surface area contributed by atoms with Gasteiger partial charge in [-0.25, -0.2) is 0 Å². The van der Waals surface area contributed by atoms with Crippen LogP contribution in [0.5, 0.6) is 0 Å². The molecule has 2 fully saturated rings. The highest BCUT2D eigenvalue weighted by Crippen LogP contribution is 2.46. The molecule has 4 aromatic rings. The smallest absolute Gasteiger partial charge is 0.262 e. The molecule has 5 atom stereocenters. The van der Waals surface area contributed by atoms with Gasteiger partial charge in [-0.3, -0.25) is 4.79 Å². The number of rotatable bonds is 8. The maximum atomic E-state index is 14.8. The molecule has 1 saturated heterocycles. The van der Waals surface area contributed by atoms with Gasteiger partial charge in [-0.05, 0) is 44.7 Å². The average molecular weight is 695 g/mol. The third-order valence-electron chi connectivity index (χ3n) is 10.1. The first-order chi connectivity index (χ1) is 23.1. The molecule has 8 heteroatoms. The molecule has 49 heavy (non-hydrogen) atoms. The normalized spacial score (nSPS) is 24.4. The van der Waals surface area contributed by atoms with Crippen molar-refractivity contribution in [2.75, 3.05) is 0 Å². The predicted molar refractivity (Wildman–Crippen MR) is 200 cm³/mol. The summed E-state index contributed by atoms with van der Waals surface area (Å²) >= 11 is 0. The fourth-order valence-corrected chi connectivity index (χ4v) is 17.3. The van der Waals surface area contributed by atoms with E-state index in [0.717, 1.165) is 20.7 Å². The van der Waals surface area contributed by atoms with Gasteiger partial charge in [0, 0.05) is 0 Å². The Morgan fingerprint density at radius 1 is 0.571 bits per heavy atom. The summed E-state index contributed by atoms with van der Waals surface area (Å²) < 4.78 is 28.1. The third-order valence-corrected chi connectivity index (χ3v) is 20.2. The Bertz CT molecular complexity index is 1640. The summed E-state index contributed by atoms with van der Waals surface area (Å²) in [5.74, 6) is -1.49. The number of hydrogen-bond acceptors (Lipinski definition) is 6. The van der Waals surface area contributed by atoms with Crippen LogP contribution in [0.2, 0.25) is 10.1 Å². The summed E-state index contributed by atoms with van der Waals surface area (Å²) in [7, 11) is -6.42. The van der Waals surface area contributed by atoms with Crippen molar-refractivity contribution in [1.29, 1.82) is 0 Å². The van der Waals surface area contributed by atoms with Gasteiger partial charge in [0.1, 0.15) is 30.5 Å². The number of fused-ring (bicyclic) bond motifs is 1. The van der Waals surface area contributed by atoms with Gasteiger partial charge in [0.05, 0.1) is 0 Å². The molecule has 0 spiro atoms. The van der Waals surface area contributed by atoms with E-state index in [4.69, 9.17) is 18.3 Å². The molecule has 0 amide bonds. The Morgan fingerprint density at radius 2 is 0.898 bits per heavy atom. The van der Waals surface area contributed by atoms with E-state index in [1.807, 2.05) is 86.6 Å². The lowest BCUT2D eigenvalue weighted by Gasteiger charge is -2.50. The average Bonchev–Trinajstić information content (AvgIpc) is 3.40. The zero-order chi connectivity index (χ0) is 35.2. The van der Waals surface area contributed by atoms with Crippen molar-refractivity contribution in [3.63, 3.8) is 0 Å². The van der Waals surface area contributed by atoms with E-state index in [2.05, 4.69) is 90.1 Å². The molecule has 1 N–H and O–H groups in total. The number of Topliss-reactive ketones (excluding diaryl/α,β-unsaturated/α-hetero) is 1. The number of ether oxygens (including phenoxy) is 2. The standard InChI is InChI=1S/C41H50O6Si2/c1-39(2,3)48(29-21-13-9-14-22-29,30-23-15-10-16-24-30)46-35-33(42)34(43)36(38-37(35)44-41(7,8)45-38)47-49(40(4,5)6,31-25-17-11-18-26-31)32-27-19-12-20-28-32/h9-28,33,35-38,42H,1-8H3/t33-,35+,36-,37-,38+/m0/s1. The summed E-state index contributed by atoms with van der Waals surface area (Å²) in [4.78, 5) is 14.8. The SMILES string of the molecule is CC1(C)O[C@H]2[C@H](O[Si](c3ccccc3)(c3ccccc3)C(C)(C)C)[C@@H](O)C(=O)[C@H](O[Si](c3ccccc3)(c3ccccc3)C(C)(C)C)[C@H]2O1. The molecule has 6 nitrogen and oxygen atoms in total. The lowest BCUT2D eigenvalue weighted by Crippen LogP contribution is -2.74. The van der Waals surface area contributed by atoms with Crippen molar-refractivity contribution in [2.45, 2.75) is 102 Å². The minimum Gasteiger partial charge on any atom is -0.399 e. The minimum absolute atomic E-state index is 0.384. The van der Waals surface area contributed by atoms with Gasteiger partial charge < -0.3 is 23.4 Å². The Labute approximate surface area is 293 Å². The highest BCUT2D eigenvalue weighted by atomic mass is 28.4. The van der Waals surface area contributed by atoms with Crippen LogP contribution in [0.25, 0.3) is 0 Å². The van der Waals surface area contributed by atoms with E-state index in [9.17, 15) is 9.90 Å². The highest BCUT2D eigenvalue weighted by Gasteiger charge is 2.64. The lowest BCUT2D eigenvalue weighted by atomic mass is 9.86. The molecule has 0 unspecified atom stereocenters. The minimum atomic E-state index is -3.22. The molecule has 0 radical (unpaired) electrons. The van der Waals surface area contributed by atoms with Gasteiger partial charge in [0.25, 0.3) is 16.6 Å². The van der Waals surface area contributed by atoms with Crippen molar-refractivity contribution < 1.29 is 28.2 Å². The number of carbonyl (C=O) groups is 1. The second kappa shape index (κ2) is 13.2. The van der Waals surface area contributed by atoms with Gasteiger partial charge in [-0.2, -0.15) is 0 Å². The molecule has 1 heterocycles. The molecule has 258 valence electrons. The number of benzene rings is 4. The Kier molecular flexibility index (Phi) is 9.56. The first kappa shape index (κ1) is 35.6. The zero-order valence-corrected chi connectivity index (χ0v) is 31.9. The Morgan fingerprint density at radius 3 is 1.24 bits per heavy atom. The quantitative estimate of drug-likeness (QED) is 0.251. The molecular formula is C41H50O6Si2. The molecule has 6 rings (SSSR count). The van der Waals surface area contributed by atoms with Gasteiger partial charge in [-0.1, -0.05) is 163 Å². The molecule has 1 saturated carbocycles. The topological polar surface area (TPSA) is 74.2 Å². The van der Waals surface area contributed by atoms with Gasteiger partial charge >= 0.3 is 0 Å². The van der Waals surface area contributed by atoms with E-state index in [1.165, 1.54) is 0 Å². The third kappa shape index (κ3) is 6.22. The maximum absolute atomic E-state index is 14.8. The Balaban J connectivity index is 1.50. The Hall–Kier alpha value is -3.22. The van der Waals surface area contributed by atoms with Gasteiger partial charge in [0.15, 0.2) is 11.6 Å². The van der Waals surface area contributed by atoms with Crippen molar-refractivity contribution in [1.82, 2.24) is 0 Å². The zero-order valence-electron chi connectivity index (χ0n) is 29.9. The van der Waals surface area contributed by atoms with Crippen LogP contribution in [-0.4, -0.2) is 63.8 Å². The summed E-state index contributed by atoms with van der Waals surface area (Å²) in [6.45, 7) is 16.8. The van der Waals surface area contributed by atoms with Crippen LogP contribution in [0.4, 0.5) is 0 Å². The summed E-state index contributed by atoms with van der Waals surface area (Å²) in [5, 5.41) is 15.6. The van der Waals surface area contributed by atoms with Crippen molar-refractivity contribution >= 4 is 43.2 Å². The van der Waals surface area contributed by atoms with Gasteiger partial charge in [0.2, 0.25) is 0 Å². The van der Waals surface area contributed by atoms with Crippen LogP contribution in [0.1, 0.15) is 55.4 Å². The van der Waals surface area contributed by atoms with Crippen molar-refractivity contribution in [3.8, 4) is 0 Å².